The quantitative estimate of drug-likeness (QED) is 0.868. The van der Waals surface area contributed by atoms with E-state index < -0.39 is 0 Å². The maximum absolute atomic E-state index is 12.6. The first-order valence-corrected chi connectivity index (χ1v) is 6.81. The number of benzene rings is 1. The van der Waals surface area contributed by atoms with Gasteiger partial charge in [0.15, 0.2) is 0 Å². The van der Waals surface area contributed by atoms with Gasteiger partial charge in [0, 0.05) is 41.7 Å². The fraction of sp³-hybridized carbons (Fsp3) is 0.333. The Hall–Kier alpha value is -2.30. The summed E-state index contributed by atoms with van der Waals surface area (Å²) in [5.41, 5.74) is 6.98. The van der Waals surface area contributed by atoms with Gasteiger partial charge in [-0.3, -0.25) is 9.59 Å². The molecule has 2 amide bonds. The lowest BCUT2D eigenvalue weighted by molar-refractivity contribution is -0.123. The van der Waals surface area contributed by atoms with Crippen molar-refractivity contribution >= 4 is 22.7 Å². The van der Waals surface area contributed by atoms with Gasteiger partial charge in [0.1, 0.15) is 0 Å². The Morgan fingerprint density at radius 2 is 1.95 bits per heavy atom. The van der Waals surface area contributed by atoms with E-state index in [9.17, 15) is 9.59 Å². The fourth-order valence-electron chi connectivity index (χ4n) is 2.81. The maximum atomic E-state index is 12.6. The molecule has 2 aromatic rings. The van der Waals surface area contributed by atoms with Gasteiger partial charge in [-0.25, -0.2) is 0 Å². The average Bonchev–Trinajstić information content (AvgIpc) is 2.95. The second kappa shape index (κ2) is 5.00. The summed E-state index contributed by atoms with van der Waals surface area (Å²) >= 11 is 0. The van der Waals surface area contributed by atoms with Gasteiger partial charge in [0.25, 0.3) is 5.91 Å². The van der Waals surface area contributed by atoms with E-state index in [0.717, 1.165) is 10.9 Å². The minimum atomic E-state index is -0.259. The molecule has 2 heterocycles. The van der Waals surface area contributed by atoms with Crippen LogP contribution in [0.5, 0.6) is 0 Å². The minimum absolute atomic E-state index is 0.0260. The van der Waals surface area contributed by atoms with Crippen molar-refractivity contribution in [2.24, 2.45) is 11.7 Å². The molecule has 5 heteroatoms. The number of fused-ring (bicyclic) bond motifs is 1. The highest BCUT2D eigenvalue weighted by molar-refractivity contribution is 6.06. The summed E-state index contributed by atoms with van der Waals surface area (Å²) in [5, 5.41) is 0.939. The predicted octanol–water partition coefficient (Wildman–Crippen LogP) is 1.51. The Morgan fingerprint density at radius 3 is 2.65 bits per heavy atom. The van der Waals surface area contributed by atoms with E-state index in [2.05, 4.69) is 4.98 Å². The van der Waals surface area contributed by atoms with Crippen LogP contribution in [0.1, 0.15) is 23.2 Å². The van der Waals surface area contributed by atoms with Crippen molar-refractivity contribution in [3.63, 3.8) is 0 Å². The summed E-state index contributed by atoms with van der Waals surface area (Å²) in [6.07, 6.45) is 3.15. The summed E-state index contributed by atoms with van der Waals surface area (Å²) in [6.45, 7) is 1.18. The molecule has 0 bridgehead atoms. The zero-order valence-corrected chi connectivity index (χ0v) is 11.1. The van der Waals surface area contributed by atoms with Gasteiger partial charge in [-0.05, 0) is 31.0 Å². The number of likely N-dealkylation sites (tertiary alicyclic amines) is 1. The molecule has 5 nitrogen and oxygen atoms in total. The molecule has 1 aromatic carbocycles. The molecule has 0 unspecified atom stereocenters. The average molecular weight is 271 g/mol. The topological polar surface area (TPSA) is 79.2 Å². The van der Waals surface area contributed by atoms with Crippen LogP contribution in [0.25, 0.3) is 10.9 Å². The number of nitrogens with one attached hydrogen (secondary N) is 1. The highest BCUT2D eigenvalue weighted by atomic mass is 16.2. The zero-order chi connectivity index (χ0) is 14.1. The number of carbonyl (C=O) groups is 2. The second-order valence-corrected chi connectivity index (χ2v) is 5.21. The third-order valence-electron chi connectivity index (χ3n) is 4.01. The number of nitrogens with zero attached hydrogens (tertiary/aromatic N) is 1. The molecule has 1 aliphatic heterocycles. The van der Waals surface area contributed by atoms with E-state index in [1.165, 1.54) is 0 Å². The van der Waals surface area contributed by atoms with Gasteiger partial charge in [-0.1, -0.05) is 6.07 Å². The molecule has 0 spiro atoms. The number of amides is 2. The van der Waals surface area contributed by atoms with Crippen LogP contribution in [-0.4, -0.2) is 34.8 Å². The molecule has 0 atom stereocenters. The predicted molar refractivity (Wildman–Crippen MR) is 76.1 cm³/mol. The lowest BCUT2D eigenvalue weighted by atomic mass is 9.95. The normalized spacial score (nSPS) is 16.5. The zero-order valence-electron chi connectivity index (χ0n) is 11.1. The molecule has 0 saturated carbocycles. The van der Waals surface area contributed by atoms with Gasteiger partial charge in [-0.15, -0.1) is 0 Å². The monoisotopic (exact) mass is 271 g/mol. The van der Waals surface area contributed by atoms with Crippen LogP contribution in [0.3, 0.4) is 0 Å². The molecule has 1 saturated heterocycles. The third-order valence-corrected chi connectivity index (χ3v) is 4.01. The molecule has 0 radical (unpaired) electrons. The van der Waals surface area contributed by atoms with Crippen molar-refractivity contribution in [2.45, 2.75) is 12.8 Å². The highest BCUT2D eigenvalue weighted by Crippen LogP contribution is 2.22. The smallest absolute Gasteiger partial charge is 0.254 e. The van der Waals surface area contributed by atoms with Crippen LogP contribution in [-0.2, 0) is 4.79 Å². The van der Waals surface area contributed by atoms with Gasteiger partial charge in [-0.2, -0.15) is 0 Å². The van der Waals surface area contributed by atoms with Crippen molar-refractivity contribution < 1.29 is 9.59 Å². The Labute approximate surface area is 116 Å². The van der Waals surface area contributed by atoms with Crippen LogP contribution in [0.15, 0.2) is 30.5 Å². The first kappa shape index (κ1) is 12.7. The fourth-order valence-corrected chi connectivity index (χ4v) is 2.81. The van der Waals surface area contributed by atoms with Gasteiger partial charge >= 0.3 is 0 Å². The van der Waals surface area contributed by atoms with Crippen LogP contribution < -0.4 is 5.73 Å². The largest absolute Gasteiger partial charge is 0.369 e. The number of rotatable bonds is 2. The van der Waals surface area contributed by atoms with E-state index in [1.54, 1.807) is 4.90 Å². The summed E-state index contributed by atoms with van der Waals surface area (Å²) in [4.78, 5) is 28.7. The number of primary amides is 1. The first-order chi connectivity index (χ1) is 9.66. The van der Waals surface area contributed by atoms with Gasteiger partial charge < -0.3 is 15.6 Å². The molecule has 0 aliphatic carbocycles. The minimum Gasteiger partial charge on any atom is -0.369 e. The Morgan fingerprint density at radius 1 is 1.20 bits per heavy atom. The molecule has 1 fully saturated rings. The number of H-pyrrole nitrogens is 1. The first-order valence-electron chi connectivity index (χ1n) is 6.81. The SMILES string of the molecule is NC(=O)C1CCN(C(=O)c2cccc3[nH]ccc23)CC1. The second-order valence-electron chi connectivity index (χ2n) is 5.21. The molecule has 1 aliphatic rings. The van der Waals surface area contributed by atoms with Gasteiger partial charge in [0.05, 0.1) is 0 Å². The maximum Gasteiger partial charge on any atom is 0.254 e. The van der Waals surface area contributed by atoms with E-state index in [0.29, 0.717) is 31.5 Å². The number of hydrogen-bond donors (Lipinski definition) is 2. The number of aromatic nitrogens is 1. The summed E-state index contributed by atoms with van der Waals surface area (Å²) in [5.74, 6) is -0.329. The van der Waals surface area contributed by atoms with Crippen molar-refractivity contribution in [3.05, 3.63) is 36.0 Å². The lowest BCUT2D eigenvalue weighted by Crippen LogP contribution is -2.41. The van der Waals surface area contributed by atoms with Crippen LogP contribution in [0, 0.1) is 5.92 Å². The molecule has 104 valence electrons. The standard InChI is InChI=1S/C15H17N3O2/c16-14(19)10-5-8-18(9-6-10)15(20)12-2-1-3-13-11(12)4-7-17-13/h1-4,7,10,17H,5-6,8-9H2,(H2,16,19). The molecule has 3 rings (SSSR count). The van der Waals surface area contributed by atoms with E-state index in [4.69, 9.17) is 5.73 Å². The Balaban J connectivity index is 1.80. The van der Waals surface area contributed by atoms with Gasteiger partial charge in [0.2, 0.25) is 5.91 Å². The Kier molecular flexibility index (Phi) is 3.18. The number of aromatic amines is 1. The number of piperidine rings is 1. The highest BCUT2D eigenvalue weighted by Gasteiger charge is 2.27. The molecular formula is C15H17N3O2. The third kappa shape index (κ3) is 2.15. The number of carbonyl (C=O) groups excluding carboxylic acids is 2. The van der Waals surface area contributed by atoms with Crippen molar-refractivity contribution in [1.29, 1.82) is 0 Å². The van der Waals surface area contributed by atoms with Crippen LogP contribution in [0.2, 0.25) is 0 Å². The number of nitrogens with two attached hydrogens (primary N) is 1. The van der Waals surface area contributed by atoms with E-state index in [1.807, 2.05) is 30.5 Å². The van der Waals surface area contributed by atoms with Crippen molar-refractivity contribution in [1.82, 2.24) is 9.88 Å². The van der Waals surface area contributed by atoms with Crippen molar-refractivity contribution in [2.75, 3.05) is 13.1 Å². The van der Waals surface area contributed by atoms with E-state index in [-0.39, 0.29) is 17.7 Å². The summed E-state index contributed by atoms with van der Waals surface area (Å²) in [7, 11) is 0. The lowest BCUT2D eigenvalue weighted by Gasteiger charge is -2.30. The summed E-state index contributed by atoms with van der Waals surface area (Å²) in [6, 6.07) is 7.59. The number of hydrogen-bond acceptors (Lipinski definition) is 2. The molecule has 3 N–H and O–H groups in total. The Bertz CT molecular complexity index is 654. The van der Waals surface area contributed by atoms with Crippen LogP contribution in [0.4, 0.5) is 0 Å². The molecule has 1 aromatic heterocycles. The van der Waals surface area contributed by atoms with Crippen molar-refractivity contribution in [3.8, 4) is 0 Å². The molecule has 20 heavy (non-hydrogen) atoms. The van der Waals surface area contributed by atoms with E-state index >= 15 is 0 Å². The summed E-state index contributed by atoms with van der Waals surface area (Å²) < 4.78 is 0. The molecular weight excluding hydrogens is 254 g/mol. The van der Waals surface area contributed by atoms with Crippen LogP contribution >= 0.6 is 0 Å².